The summed E-state index contributed by atoms with van der Waals surface area (Å²) in [7, 11) is 1.91. The first kappa shape index (κ1) is 27.8. The van der Waals surface area contributed by atoms with E-state index in [1.54, 1.807) is 42.8 Å². The number of aliphatic hydroxyl groups is 1. The van der Waals surface area contributed by atoms with Gasteiger partial charge in [-0.1, -0.05) is 12.1 Å². The first-order valence-corrected chi connectivity index (χ1v) is 14.3. The maximum atomic E-state index is 13.3. The summed E-state index contributed by atoms with van der Waals surface area (Å²) in [6.07, 6.45) is 5.42. The number of rotatable bonds is 8. The van der Waals surface area contributed by atoms with Gasteiger partial charge in [0.1, 0.15) is 11.0 Å². The van der Waals surface area contributed by atoms with E-state index in [9.17, 15) is 14.7 Å². The normalized spacial score (nSPS) is 20.0. The van der Waals surface area contributed by atoms with Gasteiger partial charge in [-0.3, -0.25) is 9.59 Å². The molecule has 3 aliphatic rings. The highest BCUT2D eigenvalue weighted by atomic mass is 16.3. The molecule has 0 saturated carbocycles. The molecule has 1 aromatic carbocycles. The van der Waals surface area contributed by atoms with Crippen LogP contribution in [-0.2, 0) is 12.1 Å². The Morgan fingerprint density at radius 3 is 2.55 bits per heavy atom. The van der Waals surface area contributed by atoms with Crippen molar-refractivity contribution in [1.29, 1.82) is 0 Å². The van der Waals surface area contributed by atoms with Gasteiger partial charge >= 0.3 is 0 Å². The van der Waals surface area contributed by atoms with E-state index < -0.39 is 5.60 Å². The van der Waals surface area contributed by atoms with Gasteiger partial charge in [0.25, 0.3) is 11.5 Å². The van der Waals surface area contributed by atoms with E-state index in [1.165, 1.54) is 10.9 Å². The fraction of sp³-hybridized carbons (Fsp3) is 0.387. The minimum atomic E-state index is -1.17. The molecule has 2 bridgehead atoms. The number of benzene rings is 1. The monoisotopic (exact) mass is 568 g/mol. The average molecular weight is 569 g/mol. The molecule has 3 fully saturated rings. The highest BCUT2D eigenvalue weighted by Gasteiger charge is 2.38. The summed E-state index contributed by atoms with van der Waals surface area (Å²) >= 11 is 0. The summed E-state index contributed by atoms with van der Waals surface area (Å²) in [5.74, 6) is 1.31. The van der Waals surface area contributed by atoms with Crippen molar-refractivity contribution < 1.29 is 9.90 Å². The van der Waals surface area contributed by atoms with Crippen LogP contribution in [0, 0.1) is 5.92 Å². The van der Waals surface area contributed by atoms with Crippen LogP contribution in [0.3, 0.4) is 0 Å². The van der Waals surface area contributed by atoms with Crippen LogP contribution in [0.25, 0.3) is 16.9 Å². The third-order valence-electron chi connectivity index (χ3n) is 8.38. The summed E-state index contributed by atoms with van der Waals surface area (Å²) < 4.78 is 3.10. The molecule has 3 saturated heterocycles. The Hall–Kier alpha value is -4.35. The maximum Gasteiger partial charge on any atom is 0.278 e. The Balaban J connectivity index is 1.27. The second kappa shape index (κ2) is 10.8. The van der Waals surface area contributed by atoms with Gasteiger partial charge in [0.05, 0.1) is 12.2 Å². The Morgan fingerprint density at radius 1 is 1.17 bits per heavy atom. The standard InChI is InChI=1S/C31H36N8O3/c1-5-15-38-29(41)23-18-32-30(35-27(23)39(38)26-8-6-7-25(34-26)31(2,3)42)33-22-11-9-21(10-12-22)28(40)36(4)24-19-37-16-13-20(24)14-17-37/h5-12,18,20,24,42H,1,13-17,19H2,2-4H3,(H,32,33,35). The molecule has 11 nitrogen and oxygen atoms in total. The molecule has 3 aliphatic heterocycles. The highest BCUT2D eigenvalue weighted by Crippen LogP contribution is 2.31. The maximum absolute atomic E-state index is 13.3. The second-order valence-corrected chi connectivity index (χ2v) is 11.7. The first-order valence-electron chi connectivity index (χ1n) is 14.3. The van der Waals surface area contributed by atoms with Crippen molar-refractivity contribution in [2.24, 2.45) is 5.92 Å². The number of anilines is 2. The van der Waals surface area contributed by atoms with Crippen molar-refractivity contribution in [2.75, 3.05) is 32.0 Å². The van der Waals surface area contributed by atoms with Crippen LogP contribution >= 0.6 is 0 Å². The van der Waals surface area contributed by atoms with Crippen molar-refractivity contribution in [2.45, 2.75) is 44.9 Å². The zero-order valence-electron chi connectivity index (χ0n) is 24.2. The van der Waals surface area contributed by atoms with Crippen molar-refractivity contribution in [3.8, 4) is 5.82 Å². The van der Waals surface area contributed by atoms with Gasteiger partial charge in [-0.2, -0.15) is 4.98 Å². The molecule has 1 amide bonds. The van der Waals surface area contributed by atoms with Gasteiger partial charge in [0.15, 0.2) is 11.5 Å². The van der Waals surface area contributed by atoms with Gasteiger partial charge < -0.3 is 20.2 Å². The van der Waals surface area contributed by atoms with Crippen LogP contribution < -0.4 is 10.9 Å². The smallest absolute Gasteiger partial charge is 0.278 e. The van der Waals surface area contributed by atoms with Gasteiger partial charge in [0.2, 0.25) is 5.95 Å². The molecular formula is C31H36N8O3. The largest absolute Gasteiger partial charge is 0.384 e. The first-order chi connectivity index (χ1) is 20.1. The van der Waals surface area contributed by atoms with Gasteiger partial charge in [-0.25, -0.2) is 19.3 Å². The van der Waals surface area contributed by atoms with Crippen LogP contribution in [0.15, 0.2) is 66.1 Å². The number of allylic oxidation sites excluding steroid dienone is 1. The summed E-state index contributed by atoms with van der Waals surface area (Å²) in [6, 6.07) is 12.8. The highest BCUT2D eigenvalue weighted by molar-refractivity contribution is 5.94. The quantitative estimate of drug-likeness (QED) is 0.311. The molecule has 1 unspecified atom stereocenters. The molecule has 0 radical (unpaired) electrons. The van der Waals surface area contributed by atoms with Gasteiger partial charge in [0, 0.05) is 37.1 Å². The van der Waals surface area contributed by atoms with Crippen molar-refractivity contribution in [3.05, 3.63) is 82.9 Å². The lowest BCUT2D eigenvalue weighted by molar-refractivity contribution is 0.0162. The Labute approximate surface area is 244 Å². The lowest BCUT2D eigenvalue weighted by Gasteiger charge is -2.48. The SMILES string of the molecule is C=CCn1c(=O)c2cnc(Nc3ccc(C(=O)N(C)C4CN5CCC4CC5)cc3)nc2n1-c1cccc(C(C)(C)O)n1. The second-order valence-electron chi connectivity index (χ2n) is 11.7. The van der Waals surface area contributed by atoms with Crippen LogP contribution in [0.5, 0.6) is 0 Å². The number of nitrogens with one attached hydrogen (secondary N) is 1. The molecule has 42 heavy (non-hydrogen) atoms. The molecule has 1 atom stereocenters. The number of carbonyl (C=O) groups is 1. The Kier molecular flexibility index (Phi) is 7.15. The molecule has 7 rings (SSSR count). The van der Waals surface area contributed by atoms with E-state index in [1.807, 2.05) is 36.2 Å². The van der Waals surface area contributed by atoms with Gasteiger partial charge in [-0.05, 0) is 82.1 Å². The predicted octanol–water partition coefficient (Wildman–Crippen LogP) is 3.30. The Bertz CT molecular complexity index is 1690. The summed E-state index contributed by atoms with van der Waals surface area (Å²) in [5.41, 5.74) is 0.718. The van der Waals surface area contributed by atoms with Crippen LogP contribution in [0.1, 0.15) is 42.7 Å². The molecule has 3 aromatic heterocycles. The number of hydrogen-bond acceptors (Lipinski definition) is 8. The van der Waals surface area contributed by atoms with Crippen molar-refractivity contribution >= 4 is 28.6 Å². The van der Waals surface area contributed by atoms with E-state index in [-0.39, 0.29) is 30.0 Å². The predicted molar refractivity (Wildman–Crippen MR) is 161 cm³/mol. The number of piperidine rings is 3. The molecule has 0 spiro atoms. The molecule has 6 heterocycles. The zero-order valence-corrected chi connectivity index (χ0v) is 24.2. The molecule has 11 heteroatoms. The minimum Gasteiger partial charge on any atom is -0.384 e. The fourth-order valence-electron chi connectivity index (χ4n) is 6.04. The summed E-state index contributed by atoms with van der Waals surface area (Å²) in [6.45, 7) is 10.5. The number of nitrogens with zero attached hydrogens (tertiary/aromatic N) is 7. The number of amides is 1. The number of likely N-dealkylation sites (N-methyl/N-ethyl adjacent to an activating group) is 1. The van der Waals surface area contributed by atoms with Crippen molar-refractivity contribution in [3.63, 3.8) is 0 Å². The number of aromatic nitrogens is 5. The number of carbonyl (C=O) groups excluding carboxylic acids is 1. The van der Waals surface area contributed by atoms with Crippen LogP contribution in [0.2, 0.25) is 0 Å². The minimum absolute atomic E-state index is 0.0198. The fourth-order valence-corrected chi connectivity index (χ4v) is 6.04. The lowest BCUT2D eigenvalue weighted by atomic mass is 9.83. The van der Waals surface area contributed by atoms with E-state index in [4.69, 9.17) is 0 Å². The number of hydrogen-bond donors (Lipinski definition) is 2. The molecule has 218 valence electrons. The van der Waals surface area contributed by atoms with E-state index in [0.29, 0.717) is 39.7 Å². The van der Waals surface area contributed by atoms with Crippen LogP contribution in [0.4, 0.5) is 11.6 Å². The Morgan fingerprint density at radius 2 is 1.90 bits per heavy atom. The summed E-state index contributed by atoms with van der Waals surface area (Å²) in [4.78, 5) is 44.6. The van der Waals surface area contributed by atoms with Crippen LogP contribution in [-0.4, -0.2) is 77.9 Å². The summed E-state index contributed by atoms with van der Waals surface area (Å²) in [5, 5.41) is 14.0. The molecule has 2 N–H and O–H groups in total. The van der Waals surface area contributed by atoms with E-state index in [2.05, 4.69) is 31.7 Å². The molecular weight excluding hydrogens is 532 g/mol. The van der Waals surface area contributed by atoms with Gasteiger partial charge in [-0.15, -0.1) is 6.58 Å². The number of pyridine rings is 1. The van der Waals surface area contributed by atoms with E-state index in [0.717, 1.165) is 32.5 Å². The lowest BCUT2D eigenvalue weighted by Crippen LogP contribution is -2.57. The molecule has 0 aliphatic carbocycles. The van der Waals surface area contributed by atoms with E-state index >= 15 is 0 Å². The van der Waals surface area contributed by atoms with Crippen molar-refractivity contribution in [1.82, 2.24) is 34.1 Å². The number of fused-ring (bicyclic) bond motifs is 4. The topological polar surface area (TPSA) is 121 Å². The third kappa shape index (κ3) is 5.10. The third-order valence-corrected chi connectivity index (χ3v) is 8.38. The molecule has 4 aromatic rings. The average Bonchev–Trinajstić information content (AvgIpc) is 3.27. The zero-order chi connectivity index (χ0) is 29.6.